The number of methoxy groups -OCH3 is 1. The Balaban J connectivity index is 0.000000307. The molecule has 2 rings (SSSR count). The molecule has 0 radical (unpaired) electrons. The van der Waals surface area contributed by atoms with Crippen molar-refractivity contribution in [2.75, 3.05) is 7.11 Å². The van der Waals surface area contributed by atoms with Crippen molar-refractivity contribution < 1.29 is 9.84 Å². The van der Waals surface area contributed by atoms with Crippen LogP contribution in [0.1, 0.15) is 71.2 Å². The molecule has 0 aliphatic carbocycles. The zero-order chi connectivity index (χ0) is 21.9. The number of phenolic OH excluding ortho intramolecular Hbond substituents is 1. The molecule has 0 amide bonds. The molecule has 3 N–H and O–H groups in total. The molecule has 0 fully saturated rings. The van der Waals surface area contributed by atoms with E-state index in [1.807, 2.05) is 25.1 Å². The van der Waals surface area contributed by atoms with E-state index >= 15 is 0 Å². The van der Waals surface area contributed by atoms with Crippen LogP contribution in [0, 0.1) is 0 Å². The molecule has 0 saturated heterocycles. The molecule has 0 saturated carbocycles. The highest BCUT2D eigenvalue weighted by atomic mass is 35.5. The lowest BCUT2D eigenvalue weighted by Crippen LogP contribution is -2.17. The number of hydrogen-bond acceptors (Lipinski definition) is 3. The van der Waals surface area contributed by atoms with Crippen molar-refractivity contribution in [3.63, 3.8) is 0 Å². The number of benzene rings is 2. The van der Waals surface area contributed by atoms with Gasteiger partial charge in [-0.2, -0.15) is 0 Å². The summed E-state index contributed by atoms with van der Waals surface area (Å²) in [5.41, 5.74) is 8.23. The molecule has 1 atom stereocenters. The summed E-state index contributed by atoms with van der Waals surface area (Å²) < 4.78 is 5.33. The lowest BCUT2D eigenvalue weighted by molar-refractivity contribution is 0.395. The van der Waals surface area contributed by atoms with Gasteiger partial charge in [0.25, 0.3) is 0 Å². The highest BCUT2D eigenvalue weighted by Gasteiger charge is 2.26. The lowest BCUT2D eigenvalue weighted by Gasteiger charge is -2.27. The number of aromatic hydroxyl groups is 1. The predicted molar refractivity (Wildman–Crippen MR) is 121 cm³/mol. The van der Waals surface area contributed by atoms with Gasteiger partial charge in [-0.3, -0.25) is 0 Å². The molecular formula is C23H33Cl2NO2. The predicted octanol–water partition coefficient (Wildman–Crippen LogP) is 7.01. The quantitative estimate of drug-likeness (QED) is 0.543. The molecule has 2 aromatic rings. The van der Waals surface area contributed by atoms with Gasteiger partial charge in [0.05, 0.1) is 7.11 Å². The molecule has 0 aliphatic rings. The zero-order valence-corrected chi connectivity index (χ0v) is 19.7. The number of hydrogen-bond donors (Lipinski definition) is 2. The molecule has 5 heteroatoms. The van der Waals surface area contributed by atoms with E-state index in [0.29, 0.717) is 15.8 Å². The summed E-state index contributed by atoms with van der Waals surface area (Å²) in [6, 6.07) is 9.12. The second-order valence-corrected chi connectivity index (χ2v) is 9.87. The van der Waals surface area contributed by atoms with Gasteiger partial charge in [-0.25, -0.2) is 0 Å². The maximum Gasteiger partial charge on any atom is 0.123 e. The van der Waals surface area contributed by atoms with Crippen LogP contribution >= 0.6 is 23.2 Å². The Morgan fingerprint density at radius 1 is 0.929 bits per heavy atom. The van der Waals surface area contributed by atoms with Crippen LogP contribution < -0.4 is 10.5 Å². The number of phenols is 1. The largest absolute Gasteiger partial charge is 0.507 e. The molecule has 28 heavy (non-hydrogen) atoms. The summed E-state index contributed by atoms with van der Waals surface area (Å²) in [6.45, 7) is 14.4. The second-order valence-electron chi connectivity index (χ2n) is 9.03. The fourth-order valence-corrected chi connectivity index (χ4v) is 3.32. The van der Waals surface area contributed by atoms with Crippen LogP contribution in [0.3, 0.4) is 0 Å². The summed E-state index contributed by atoms with van der Waals surface area (Å²) in [4.78, 5) is 0. The van der Waals surface area contributed by atoms with Crippen LogP contribution in [0.5, 0.6) is 11.5 Å². The van der Waals surface area contributed by atoms with Gasteiger partial charge in [0.2, 0.25) is 0 Å². The van der Waals surface area contributed by atoms with Crippen molar-refractivity contribution in [2.45, 2.75) is 65.3 Å². The number of ether oxygens (including phenoxy) is 1. The maximum absolute atomic E-state index is 10.4. The van der Waals surface area contributed by atoms with E-state index in [9.17, 15) is 5.11 Å². The smallest absolute Gasteiger partial charge is 0.123 e. The van der Waals surface area contributed by atoms with Crippen LogP contribution in [0.2, 0.25) is 10.0 Å². The van der Waals surface area contributed by atoms with Crippen LogP contribution in [0.25, 0.3) is 0 Å². The Kier molecular flexibility index (Phi) is 8.25. The van der Waals surface area contributed by atoms with Crippen molar-refractivity contribution >= 4 is 23.2 Å². The summed E-state index contributed by atoms with van der Waals surface area (Å²) >= 11 is 11.6. The SMILES string of the molecule is CC(N)c1ccc(Cl)cc1Cl.COc1cc(C(C)(C)C)c(O)c(C(C)(C)C)c1. The van der Waals surface area contributed by atoms with E-state index in [0.717, 1.165) is 22.4 Å². The van der Waals surface area contributed by atoms with Crippen molar-refractivity contribution in [1.29, 1.82) is 0 Å². The van der Waals surface area contributed by atoms with Gasteiger partial charge in [-0.1, -0.05) is 70.8 Å². The van der Waals surface area contributed by atoms with Crippen molar-refractivity contribution in [1.82, 2.24) is 0 Å². The maximum atomic E-state index is 10.4. The lowest BCUT2D eigenvalue weighted by atomic mass is 9.79. The van der Waals surface area contributed by atoms with Crippen LogP contribution in [-0.2, 0) is 10.8 Å². The molecule has 0 spiro atoms. The van der Waals surface area contributed by atoms with Gasteiger partial charge in [0, 0.05) is 27.2 Å². The van der Waals surface area contributed by atoms with Gasteiger partial charge in [0.1, 0.15) is 11.5 Å². The molecule has 2 aromatic carbocycles. The van der Waals surface area contributed by atoms with Crippen molar-refractivity contribution in [3.05, 3.63) is 57.1 Å². The molecule has 0 aliphatic heterocycles. The number of halogens is 2. The first-order chi connectivity index (χ1) is 12.7. The van der Waals surface area contributed by atoms with Gasteiger partial charge in [-0.15, -0.1) is 0 Å². The van der Waals surface area contributed by atoms with E-state index in [4.69, 9.17) is 33.7 Å². The van der Waals surface area contributed by atoms with E-state index in [1.165, 1.54) is 0 Å². The summed E-state index contributed by atoms with van der Waals surface area (Å²) in [5.74, 6) is 1.20. The normalized spacial score (nSPS) is 12.8. The first-order valence-corrected chi connectivity index (χ1v) is 10.1. The molecule has 1 unspecified atom stereocenters. The Labute approximate surface area is 179 Å². The topological polar surface area (TPSA) is 55.5 Å². The Bertz CT molecular complexity index is 768. The minimum absolute atomic E-state index is 0.0419. The first kappa shape index (κ1) is 24.6. The van der Waals surface area contributed by atoms with Crippen LogP contribution in [0.4, 0.5) is 0 Å². The number of rotatable bonds is 2. The van der Waals surface area contributed by atoms with Crippen LogP contribution in [-0.4, -0.2) is 12.2 Å². The average molecular weight is 426 g/mol. The minimum Gasteiger partial charge on any atom is -0.507 e. The monoisotopic (exact) mass is 425 g/mol. The number of nitrogens with two attached hydrogens (primary N) is 1. The Morgan fingerprint density at radius 2 is 1.39 bits per heavy atom. The third-order valence-corrected chi connectivity index (χ3v) is 4.95. The molecule has 0 aromatic heterocycles. The van der Waals surface area contributed by atoms with E-state index in [2.05, 4.69) is 41.5 Å². The molecular weight excluding hydrogens is 393 g/mol. The molecule has 0 bridgehead atoms. The fourth-order valence-electron chi connectivity index (χ4n) is 2.74. The first-order valence-electron chi connectivity index (χ1n) is 9.31. The van der Waals surface area contributed by atoms with Gasteiger partial charge < -0.3 is 15.6 Å². The zero-order valence-electron chi connectivity index (χ0n) is 18.2. The highest BCUT2D eigenvalue weighted by molar-refractivity contribution is 6.35. The van der Waals surface area contributed by atoms with Crippen LogP contribution in [0.15, 0.2) is 30.3 Å². The Hall–Kier alpha value is -1.42. The van der Waals surface area contributed by atoms with Gasteiger partial charge in [0.15, 0.2) is 0 Å². The van der Waals surface area contributed by atoms with Gasteiger partial charge in [-0.05, 0) is 47.6 Å². The van der Waals surface area contributed by atoms with E-state index < -0.39 is 0 Å². The van der Waals surface area contributed by atoms with Crippen molar-refractivity contribution in [3.8, 4) is 11.5 Å². The molecule has 3 nitrogen and oxygen atoms in total. The Morgan fingerprint density at radius 3 is 1.71 bits per heavy atom. The summed E-state index contributed by atoms with van der Waals surface area (Å²) in [5, 5.41) is 11.7. The molecule has 156 valence electrons. The second kappa shape index (κ2) is 9.39. The molecule has 0 heterocycles. The average Bonchev–Trinajstić information content (AvgIpc) is 2.53. The third-order valence-electron chi connectivity index (χ3n) is 4.39. The third kappa shape index (κ3) is 6.58. The summed E-state index contributed by atoms with van der Waals surface area (Å²) in [6.07, 6.45) is 0. The standard InChI is InChI=1S/C15H24O2.C8H9Cl2N/c1-14(2,3)11-8-10(17-7)9-12(13(11)16)15(4,5)6;1-5(11)7-3-2-6(9)4-8(7)10/h8-9,16H,1-7H3;2-5H,11H2,1H3. The fraction of sp³-hybridized carbons (Fsp3) is 0.478. The van der Waals surface area contributed by atoms with Crippen molar-refractivity contribution in [2.24, 2.45) is 5.73 Å². The van der Waals surface area contributed by atoms with Gasteiger partial charge >= 0.3 is 0 Å². The highest BCUT2D eigenvalue weighted by Crippen LogP contribution is 2.41. The van der Waals surface area contributed by atoms with E-state index in [1.54, 1.807) is 19.2 Å². The minimum atomic E-state index is -0.0986. The van der Waals surface area contributed by atoms with E-state index in [-0.39, 0.29) is 16.9 Å². The summed E-state index contributed by atoms with van der Waals surface area (Å²) in [7, 11) is 1.66.